The molecule has 13 heavy (non-hydrogen) atoms. The third-order valence-electron chi connectivity index (χ3n) is 0.696. The number of carbonyl (C=O) groups excluding carboxylic acids is 1. The van der Waals surface area contributed by atoms with E-state index in [4.69, 9.17) is 17.5 Å². The van der Waals surface area contributed by atoms with E-state index in [1.807, 2.05) is 13.8 Å². The van der Waals surface area contributed by atoms with Crippen molar-refractivity contribution in [2.24, 2.45) is 5.92 Å². The van der Waals surface area contributed by atoms with Crippen LogP contribution in [0.4, 0.5) is 4.70 Å². The van der Waals surface area contributed by atoms with Crippen LogP contribution in [0.25, 0.3) is 0 Å². The van der Waals surface area contributed by atoms with Gasteiger partial charge in [-0.15, -0.1) is 0 Å². The van der Waals surface area contributed by atoms with Gasteiger partial charge in [-0.2, -0.15) is 8.42 Å². The number of Topliss-reactive ketones (excluding diaryl/α,β-unsaturated/α-hetero) is 1. The van der Waals surface area contributed by atoms with E-state index in [0.29, 0.717) is 5.92 Å². The topological polar surface area (TPSA) is 91.7 Å². The molecule has 0 aromatic carbocycles. The summed E-state index contributed by atoms with van der Waals surface area (Å²) in [6.07, 6.45) is 0.722. The molecular weight excluding hydrogens is 203 g/mol. The lowest BCUT2D eigenvalue weighted by Gasteiger charge is -1.95. The number of rotatable bonds is 2. The molecule has 0 aliphatic rings. The van der Waals surface area contributed by atoms with Crippen molar-refractivity contribution in [2.75, 3.05) is 0 Å². The third kappa shape index (κ3) is 85.4. The van der Waals surface area contributed by atoms with E-state index in [1.165, 1.54) is 0 Å². The average Bonchev–Trinajstić information content (AvgIpc) is 1.52. The van der Waals surface area contributed by atoms with Gasteiger partial charge in [-0.1, -0.05) is 13.8 Å². The zero-order valence-electron chi connectivity index (χ0n) is 7.72. The quantitative estimate of drug-likeness (QED) is 0.677. The first kappa shape index (κ1) is 18.3. The highest BCUT2D eigenvalue weighted by molar-refractivity contribution is 7.79. The standard InChI is InChI=1S/C6H12O.FH.H2O4S/c1-5(2)4-6(3)7;;1-5(2,3)4/h5H,4H2,1-3H3;1H;(H2,1,2,3,4). The molecule has 82 valence electrons. The zero-order chi connectivity index (χ0) is 10.4. The van der Waals surface area contributed by atoms with E-state index >= 15 is 0 Å². The highest BCUT2D eigenvalue weighted by Crippen LogP contribution is 1.97. The third-order valence-corrected chi connectivity index (χ3v) is 0.696. The van der Waals surface area contributed by atoms with Gasteiger partial charge in [-0.3, -0.25) is 13.8 Å². The maximum absolute atomic E-state index is 10.3. The Morgan fingerprint density at radius 3 is 1.54 bits per heavy atom. The number of hydrogen-bond donors (Lipinski definition) is 2. The van der Waals surface area contributed by atoms with Crippen molar-refractivity contribution in [1.29, 1.82) is 0 Å². The molecule has 0 aliphatic carbocycles. The van der Waals surface area contributed by atoms with Gasteiger partial charge in [0.15, 0.2) is 0 Å². The number of carbonyl (C=O) groups is 1. The van der Waals surface area contributed by atoms with Crippen molar-refractivity contribution in [3.63, 3.8) is 0 Å². The smallest absolute Gasteiger partial charge is 0.300 e. The summed E-state index contributed by atoms with van der Waals surface area (Å²) < 4.78 is 31.6. The minimum atomic E-state index is -4.67. The van der Waals surface area contributed by atoms with Gasteiger partial charge in [-0.25, -0.2) is 0 Å². The van der Waals surface area contributed by atoms with Crippen molar-refractivity contribution in [3.05, 3.63) is 0 Å². The van der Waals surface area contributed by atoms with Gasteiger partial charge in [0, 0.05) is 6.42 Å². The lowest BCUT2D eigenvalue weighted by Crippen LogP contribution is -1.95. The summed E-state index contributed by atoms with van der Waals surface area (Å²) in [5.41, 5.74) is 0. The van der Waals surface area contributed by atoms with E-state index in [0.717, 1.165) is 6.42 Å². The second-order valence-corrected chi connectivity index (χ2v) is 3.64. The summed E-state index contributed by atoms with van der Waals surface area (Å²) in [5, 5.41) is 0. The molecule has 0 saturated carbocycles. The maximum atomic E-state index is 10.3. The second kappa shape index (κ2) is 8.09. The Balaban J connectivity index is -0.000000150. The summed E-state index contributed by atoms with van der Waals surface area (Å²) in [6.45, 7) is 5.71. The van der Waals surface area contributed by atoms with Crippen LogP contribution in [0.15, 0.2) is 0 Å². The summed E-state index contributed by atoms with van der Waals surface area (Å²) in [7, 11) is -4.67. The number of halogens is 1. The summed E-state index contributed by atoms with van der Waals surface area (Å²) in [5.74, 6) is 0.813. The van der Waals surface area contributed by atoms with Gasteiger partial charge < -0.3 is 4.79 Å². The predicted molar refractivity (Wildman–Crippen MR) is 46.8 cm³/mol. The van der Waals surface area contributed by atoms with Crippen LogP contribution >= 0.6 is 0 Å². The fourth-order valence-corrected chi connectivity index (χ4v) is 0.575. The Hall–Kier alpha value is -0.530. The van der Waals surface area contributed by atoms with E-state index in [-0.39, 0.29) is 10.5 Å². The fraction of sp³-hybridized carbons (Fsp3) is 0.833. The lowest BCUT2D eigenvalue weighted by molar-refractivity contribution is -0.117. The van der Waals surface area contributed by atoms with Crippen molar-refractivity contribution >= 4 is 16.2 Å². The molecule has 0 saturated heterocycles. The molecule has 0 fully saturated rings. The van der Waals surface area contributed by atoms with Crippen LogP contribution in [0.2, 0.25) is 0 Å². The van der Waals surface area contributed by atoms with Crippen LogP contribution in [-0.2, 0) is 15.2 Å². The second-order valence-electron chi connectivity index (χ2n) is 2.75. The van der Waals surface area contributed by atoms with Crippen LogP contribution in [-0.4, -0.2) is 23.3 Å². The van der Waals surface area contributed by atoms with Crippen molar-refractivity contribution in [3.8, 4) is 0 Å². The normalized spacial score (nSPS) is 9.69. The van der Waals surface area contributed by atoms with Gasteiger partial charge in [-0.05, 0) is 12.8 Å². The zero-order valence-corrected chi connectivity index (χ0v) is 8.54. The van der Waals surface area contributed by atoms with Crippen molar-refractivity contribution in [2.45, 2.75) is 27.2 Å². The highest BCUT2D eigenvalue weighted by Gasteiger charge is 1.95. The molecule has 0 atom stereocenters. The highest BCUT2D eigenvalue weighted by atomic mass is 32.3. The van der Waals surface area contributed by atoms with Crippen LogP contribution in [0, 0.1) is 5.92 Å². The average molecular weight is 218 g/mol. The molecule has 7 heteroatoms. The van der Waals surface area contributed by atoms with Gasteiger partial charge in [0.25, 0.3) is 0 Å². The molecule has 0 rings (SSSR count). The van der Waals surface area contributed by atoms with E-state index in [2.05, 4.69) is 0 Å². The molecule has 0 aromatic heterocycles. The summed E-state index contributed by atoms with van der Waals surface area (Å²) in [4.78, 5) is 10.3. The van der Waals surface area contributed by atoms with Gasteiger partial charge in [0.05, 0.1) is 0 Å². The first-order valence-corrected chi connectivity index (χ1v) is 4.72. The van der Waals surface area contributed by atoms with E-state index < -0.39 is 10.4 Å². The van der Waals surface area contributed by atoms with Gasteiger partial charge in [0.1, 0.15) is 5.78 Å². The monoisotopic (exact) mass is 218 g/mol. The fourth-order valence-electron chi connectivity index (χ4n) is 0.575. The molecular formula is C6H15FO5S. The molecule has 0 spiro atoms. The summed E-state index contributed by atoms with van der Waals surface area (Å²) in [6, 6.07) is 0. The molecule has 0 amide bonds. The van der Waals surface area contributed by atoms with Crippen LogP contribution in [0.3, 0.4) is 0 Å². The molecule has 0 radical (unpaired) electrons. The number of ketones is 1. The largest absolute Gasteiger partial charge is 0.394 e. The van der Waals surface area contributed by atoms with E-state index in [9.17, 15) is 4.79 Å². The van der Waals surface area contributed by atoms with Crippen LogP contribution < -0.4 is 0 Å². The minimum absolute atomic E-state index is 0. The molecule has 0 unspecified atom stereocenters. The van der Waals surface area contributed by atoms with Crippen LogP contribution in [0.5, 0.6) is 0 Å². The molecule has 0 heterocycles. The predicted octanol–water partition coefficient (Wildman–Crippen LogP) is 1.12. The Morgan fingerprint density at radius 1 is 1.31 bits per heavy atom. The van der Waals surface area contributed by atoms with E-state index in [1.54, 1.807) is 6.92 Å². The Kier molecular flexibility index (Phi) is 11.4. The SMILES string of the molecule is CC(=O)CC(C)C.F.O=S(=O)(O)O. The molecule has 2 N–H and O–H groups in total. The first-order valence-electron chi connectivity index (χ1n) is 3.32. The molecule has 5 nitrogen and oxygen atoms in total. The minimum Gasteiger partial charge on any atom is -0.300 e. The van der Waals surface area contributed by atoms with Crippen molar-refractivity contribution in [1.82, 2.24) is 0 Å². The Bertz CT molecular complexity index is 213. The lowest BCUT2D eigenvalue weighted by atomic mass is 10.1. The molecule has 0 bridgehead atoms. The van der Waals surface area contributed by atoms with Crippen LogP contribution in [0.1, 0.15) is 27.2 Å². The maximum Gasteiger partial charge on any atom is 0.394 e. The van der Waals surface area contributed by atoms with Gasteiger partial charge in [0.2, 0.25) is 0 Å². The Labute approximate surface area is 77.1 Å². The first-order chi connectivity index (χ1) is 5.13. The Morgan fingerprint density at radius 2 is 1.54 bits per heavy atom. The molecule has 0 aromatic rings. The summed E-state index contributed by atoms with van der Waals surface area (Å²) >= 11 is 0. The van der Waals surface area contributed by atoms with Crippen molar-refractivity contribution < 1.29 is 27.0 Å². The molecule has 0 aliphatic heterocycles. The number of hydrogen-bond acceptors (Lipinski definition) is 3. The van der Waals surface area contributed by atoms with Gasteiger partial charge >= 0.3 is 10.4 Å².